The Hall–Kier alpha value is -0.640. The highest BCUT2D eigenvalue weighted by atomic mass is 16.7. The first kappa shape index (κ1) is 35.8. The van der Waals surface area contributed by atoms with Crippen LogP contribution in [0.1, 0.15) is 45.4 Å². The van der Waals surface area contributed by atoms with E-state index in [1.807, 2.05) is 0 Å². The summed E-state index contributed by atoms with van der Waals surface area (Å²) in [6.07, 6.45) is -17.7. The van der Waals surface area contributed by atoms with Crippen LogP contribution in [0.2, 0.25) is 0 Å². The normalized spacial score (nSPS) is 44.8. The Labute approximate surface area is 243 Å². The van der Waals surface area contributed by atoms with E-state index in [4.69, 9.17) is 28.4 Å². The minimum atomic E-state index is -1.81. The van der Waals surface area contributed by atoms with E-state index in [2.05, 4.69) is 6.92 Å². The summed E-state index contributed by atoms with van der Waals surface area (Å²) in [7, 11) is 0. The first-order valence-corrected chi connectivity index (χ1v) is 14.6. The Balaban J connectivity index is 1.69. The van der Waals surface area contributed by atoms with Crippen LogP contribution in [0.5, 0.6) is 0 Å². The molecule has 3 aliphatic rings. The molecule has 0 aliphatic carbocycles. The molecular weight excluding hydrogens is 568 g/mol. The van der Waals surface area contributed by atoms with Gasteiger partial charge in [-0.15, -0.1) is 0 Å². The molecule has 10 N–H and O–H groups in total. The van der Waals surface area contributed by atoms with Crippen molar-refractivity contribution in [3.05, 3.63) is 0 Å². The van der Waals surface area contributed by atoms with Gasteiger partial charge in [-0.25, -0.2) is 0 Å². The van der Waals surface area contributed by atoms with Crippen molar-refractivity contribution in [2.75, 3.05) is 26.4 Å². The van der Waals surface area contributed by atoms with Crippen molar-refractivity contribution in [1.82, 2.24) is 0 Å². The number of unbranched alkanes of at least 4 members (excludes halogenated alkanes) is 5. The van der Waals surface area contributed by atoms with E-state index >= 15 is 0 Å². The van der Waals surface area contributed by atoms with Gasteiger partial charge in [0.25, 0.3) is 0 Å². The Morgan fingerprint density at radius 1 is 0.500 bits per heavy atom. The van der Waals surface area contributed by atoms with Gasteiger partial charge in [0.05, 0.1) is 19.8 Å². The zero-order chi connectivity index (χ0) is 31.0. The Bertz CT molecular complexity index is 760. The predicted molar refractivity (Wildman–Crippen MR) is 138 cm³/mol. The first-order chi connectivity index (χ1) is 20.0. The molecule has 15 atom stereocenters. The topological polar surface area (TPSA) is 258 Å². The van der Waals surface area contributed by atoms with Gasteiger partial charge in [0.2, 0.25) is 0 Å². The third-order valence-electron chi connectivity index (χ3n) is 7.83. The van der Waals surface area contributed by atoms with E-state index in [9.17, 15) is 51.1 Å². The molecule has 0 saturated carbocycles. The van der Waals surface area contributed by atoms with E-state index < -0.39 is 112 Å². The molecule has 16 heteroatoms. The van der Waals surface area contributed by atoms with Crippen LogP contribution in [0.15, 0.2) is 0 Å². The van der Waals surface area contributed by atoms with Crippen LogP contribution < -0.4 is 0 Å². The predicted octanol–water partition coefficient (Wildman–Crippen LogP) is -4.19. The number of aliphatic hydroxyl groups excluding tert-OH is 10. The average Bonchev–Trinajstić information content (AvgIpc) is 2.98. The summed E-state index contributed by atoms with van der Waals surface area (Å²) >= 11 is 0. The maximum absolute atomic E-state index is 11.1. The number of hydrogen-bond acceptors (Lipinski definition) is 16. The van der Waals surface area contributed by atoms with Gasteiger partial charge < -0.3 is 79.5 Å². The molecule has 3 rings (SSSR count). The summed E-state index contributed by atoms with van der Waals surface area (Å²) in [6.45, 7) is 0.394. The molecule has 3 heterocycles. The molecule has 248 valence electrons. The van der Waals surface area contributed by atoms with Crippen molar-refractivity contribution in [2.45, 2.75) is 138 Å². The van der Waals surface area contributed by atoms with E-state index in [1.165, 1.54) is 0 Å². The summed E-state index contributed by atoms with van der Waals surface area (Å²) in [5.74, 6) is 0. The number of aliphatic hydroxyl groups is 10. The highest BCUT2D eigenvalue weighted by Crippen LogP contribution is 2.31. The fourth-order valence-electron chi connectivity index (χ4n) is 5.15. The standard InChI is InChI=1S/C26H48O16/c1-2-3-4-5-6-7-8-37-25-22(36)23(42-26-21(35)19(33)16(30)13(10-28)40-26)17(31)14(41-25)11-38-24-20(34)18(32)15(29)12(9-27)39-24/h12-36H,2-11H2,1H3/t12-,13-,14+,15-,16-,17+,18+,19+,20-,21-,22+,23-,24-,25+,26+/m0/s1. The molecule has 0 aromatic heterocycles. The Kier molecular flexibility index (Phi) is 14.6. The monoisotopic (exact) mass is 616 g/mol. The number of hydrogen-bond donors (Lipinski definition) is 10. The summed E-state index contributed by atoms with van der Waals surface area (Å²) in [5.41, 5.74) is 0. The largest absolute Gasteiger partial charge is 0.394 e. The van der Waals surface area contributed by atoms with Crippen LogP contribution in [0.4, 0.5) is 0 Å². The second-order valence-electron chi connectivity index (χ2n) is 11.0. The number of ether oxygens (including phenoxy) is 6. The molecular formula is C26H48O16. The van der Waals surface area contributed by atoms with Crippen LogP contribution in [0.25, 0.3) is 0 Å². The van der Waals surface area contributed by atoms with Gasteiger partial charge in [-0.1, -0.05) is 39.0 Å². The minimum absolute atomic E-state index is 0.191. The zero-order valence-electron chi connectivity index (χ0n) is 23.7. The van der Waals surface area contributed by atoms with Gasteiger partial charge in [0.15, 0.2) is 18.9 Å². The molecule has 0 unspecified atom stereocenters. The van der Waals surface area contributed by atoms with Gasteiger partial charge >= 0.3 is 0 Å². The molecule has 0 aromatic rings. The fraction of sp³-hybridized carbons (Fsp3) is 1.00. The van der Waals surface area contributed by atoms with Crippen LogP contribution in [0, 0.1) is 0 Å². The number of rotatable bonds is 15. The van der Waals surface area contributed by atoms with Crippen LogP contribution in [-0.2, 0) is 28.4 Å². The second kappa shape index (κ2) is 17.2. The first-order valence-electron chi connectivity index (χ1n) is 14.6. The lowest BCUT2D eigenvalue weighted by Gasteiger charge is -2.46. The summed E-state index contributed by atoms with van der Waals surface area (Å²) in [4.78, 5) is 0. The highest BCUT2D eigenvalue weighted by Gasteiger charge is 2.52. The third-order valence-corrected chi connectivity index (χ3v) is 7.83. The molecule has 0 aromatic carbocycles. The van der Waals surface area contributed by atoms with Gasteiger partial charge in [0.1, 0.15) is 73.2 Å². The SMILES string of the molecule is CCCCCCCCO[C@@H]1O[C@H](CO[C@H]2O[C@@H](CO)[C@H](O)[C@@H](O)[C@@H]2O)[C@@H](O)[C@H](O[C@H]2O[C@@H](CO)[C@H](O)[C@@H](O)[C@@H]2O)[C@H]1O. The van der Waals surface area contributed by atoms with Crippen LogP contribution >= 0.6 is 0 Å². The van der Waals surface area contributed by atoms with Crippen molar-refractivity contribution in [3.63, 3.8) is 0 Å². The van der Waals surface area contributed by atoms with Crippen LogP contribution in [0.3, 0.4) is 0 Å². The van der Waals surface area contributed by atoms with Gasteiger partial charge in [-0.2, -0.15) is 0 Å². The van der Waals surface area contributed by atoms with E-state index in [0.29, 0.717) is 6.42 Å². The van der Waals surface area contributed by atoms with Crippen molar-refractivity contribution in [2.24, 2.45) is 0 Å². The smallest absolute Gasteiger partial charge is 0.187 e. The lowest BCUT2D eigenvalue weighted by molar-refractivity contribution is -0.366. The molecule has 0 radical (unpaired) electrons. The summed E-state index contributed by atoms with van der Waals surface area (Å²) in [6, 6.07) is 0. The van der Waals surface area contributed by atoms with Gasteiger partial charge in [-0.05, 0) is 6.42 Å². The van der Waals surface area contributed by atoms with Gasteiger partial charge in [-0.3, -0.25) is 0 Å². The van der Waals surface area contributed by atoms with Crippen molar-refractivity contribution in [1.29, 1.82) is 0 Å². The maximum atomic E-state index is 11.1. The molecule has 0 amide bonds. The molecule has 3 saturated heterocycles. The highest BCUT2D eigenvalue weighted by molar-refractivity contribution is 4.95. The maximum Gasteiger partial charge on any atom is 0.187 e. The summed E-state index contributed by atoms with van der Waals surface area (Å²) in [5, 5.41) is 102. The fourth-order valence-corrected chi connectivity index (χ4v) is 5.15. The average molecular weight is 617 g/mol. The van der Waals surface area contributed by atoms with Crippen molar-refractivity contribution >= 4 is 0 Å². The van der Waals surface area contributed by atoms with E-state index in [1.54, 1.807) is 0 Å². The Morgan fingerprint density at radius 2 is 1.00 bits per heavy atom. The molecule has 16 nitrogen and oxygen atoms in total. The third kappa shape index (κ3) is 8.75. The lowest BCUT2D eigenvalue weighted by atomic mass is 9.96. The molecule has 3 aliphatic heterocycles. The van der Waals surface area contributed by atoms with E-state index in [-0.39, 0.29) is 6.61 Å². The minimum Gasteiger partial charge on any atom is -0.394 e. The van der Waals surface area contributed by atoms with Crippen molar-refractivity contribution < 1.29 is 79.5 Å². The lowest BCUT2D eigenvalue weighted by Crippen LogP contribution is -2.65. The van der Waals surface area contributed by atoms with Crippen molar-refractivity contribution in [3.8, 4) is 0 Å². The van der Waals surface area contributed by atoms with Gasteiger partial charge in [0, 0.05) is 6.61 Å². The van der Waals surface area contributed by atoms with E-state index in [0.717, 1.165) is 32.1 Å². The molecule has 0 bridgehead atoms. The van der Waals surface area contributed by atoms with Crippen LogP contribution in [-0.4, -0.2) is 170 Å². The molecule has 3 fully saturated rings. The molecule has 0 spiro atoms. The molecule has 42 heavy (non-hydrogen) atoms. The Morgan fingerprint density at radius 3 is 1.60 bits per heavy atom. The quantitative estimate of drug-likeness (QED) is 0.0783. The zero-order valence-corrected chi connectivity index (χ0v) is 23.7. The summed E-state index contributed by atoms with van der Waals surface area (Å²) < 4.78 is 33.4. The second-order valence-corrected chi connectivity index (χ2v) is 11.0.